The molecule has 1 fully saturated rings. The van der Waals surface area contributed by atoms with Crippen LogP contribution in [0.2, 0.25) is 0 Å². The van der Waals surface area contributed by atoms with Crippen molar-refractivity contribution < 1.29 is 9.59 Å². The fraction of sp³-hybridized carbons (Fsp3) is 0.444. The van der Waals surface area contributed by atoms with Crippen LogP contribution in [0.1, 0.15) is 55.2 Å². The molecule has 132 valence electrons. The van der Waals surface area contributed by atoms with Crippen molar-refractivity contribution in [1.29, 1.82) is 0 Å². The number of hydrogen-bond donors (Lipinski definition) is 2. The van der Waals surface area contributed by atoms with E-state index in [0.717, 1.165) is 17.2 Å². The SMILES string of the molecule is C[C@H](NC(=O)C[C@@H](C)C1CC1)c1ccc(-n2cc(C(N)=O)nn2)cc1. The quantitative estimate of drug-likeness (QED) is 0.803. The van der Waals surface area contributed by atoms with E-state index in [1.165, 1.54) is 23.7 Å². The first-order chi connectivity index (χ1) is 11.9. The molecule has 25 heavy (non-hydrogen) atoms. The number of nitrogens with one attached hydrogen (secondary N) is 1. The number of carbonyl (C=O) groups is 2. The van der Waals surface area contributed by atoms with E-state index in [0.29, 0.717) is 12.3 Å². The van der Waals surface area contributed by atoms with Gasteiger partial charge >= 0.3 is 0 Å². The lowest BCUT2D eigenvalue weighted by molar-refractivity contribution is -0.122. The first-order valence-electron chi connectivity index (χ1n) is 8.56. The van der Waals surface area contributed by atoms with Gasteiger partial charge in [0.2, 0.25) is 5.91 Å². The number of amides is 2. The van der Waals surface area contributed by atoms with Crippen molar-refractivity contribution in [3.63, 3.8) is 0 Å². The second-order valence-corrected chi connectivity index (χ2v) is 6.81. The Morgan fingerprint density at radius 1 is 1.28 bits per heavy atom. The standard InChI is InChI=1S/C18H23N5O2/c1-11(13-3-4-13)9-17(24)20-12(2)14-5-7-15(8-6-14)23-10-16(18(19)25)21-22-23/h5-8,10-13H,3-4,9H2,1-2H3,(H2,19,25)(H,20,24)/t11-,12+/m1/s1. The number of carbonyl (C=O) groups excluding carboxylic acids is 2. The normalized spacial score (nSPS) is 16.2. The van der Waals surface area contributed by atoms with E-state index in [2.05, 4.69) is 22.6 Å². The van der Waals surface area contributed by atoms with E-state index in [-0.39, 0.29) is 17.6 Å². The summed E-state index contributed by atoms with van der Waals surface area (Å²) in [6.45, 7) is 4.12. The molecular weight excluding hydrogens is 318 g/mol. The number of nitrogens with two attached hydrogens (primary N) is 1. The Balaban J connectivity index is 1.60. The van der Waals surface area contributed by atoms with E-state index in [1.807, 2.05) is 31.2 Å². The van der Waals surface area contributed by atoms with Crippen LogP contribution in [-0.4, -0.2) is 26.8 Å². The Kier molecular flexibility index (Phi) is 4.83. The van der Waals surface area contributed by atoms with Gasteiger partial charge in [-0.25, -0.2) is 4.68 Å². The summed E-state index contributed by atoms with van der Waals surface area (Å²) in [5.41, 5.74) is 7.07. The van der Waals surface area contributed by atoms with Crippen molar-refractivity contribution in [3.8, 4) is 5.69 Å². The third-order valence-corrected chi connectivity index (χ3v) is 4.72. The number of hydrogen-bond acceptors (Lipinski definition) is 4. The summed E-state index contributed by atoms with van der Waals surface area (Å²) in [5.74, 6) is 0.674. The highest BCUT2D eigenvalue weighted by molar-refractivity contribution is 5.90. The van der Waals surface area contributed by atoms with E-state index < -0.39 is 5.91 Å². The number of benzene rings is 1. The summed E-state index contributed by atoms with van der Waals surface area (Å²) in [6.07, 6.45) is 4.58. The van der Waals surface area contributed by atoms with Crippen LogP contribution >= 0.6 is 0 Å². The molecule has 0 saturated heterocycles. The van der Waals surface area contributed by atoms with Crippen molar-refractivity contribution in [2.24, 2.45) is 17.6 Å². The maximum absolute atomic E-state index is 12.1. The Hall–Kier alpha value is -2.70. The van der Waals surface area contributed by atoms with Crippen LogP contribution in [0.5, 0.6) is 0 Å². The second-order valence-electron chi connectivity index (χ2n) is 6.81. The summed E-state index contributed by atoms with van der Waals surface area (Å²) in [6, 6.07) is 7.52. The molecule has 1 saturated carbocycles. The molecule has 3 N–H and O–H groups in total. The smallest absolute Gasteiger partial charge is 0.270 e. The molecule has 0 bridgehead atoms. The van der Waals surface area contributed by atoms with Crippen molar-refractivity contribution in [2.45, 2.75) is 39.2 Å². The van der Waals surface area contributed by atoms with Crippen LogP contribution in [0.4, 0.5) is 0 Å². The predicted molar refractivity (Wildman–Crippen MR) is 92.9 cm³/mol. The zero-order valence-electron chi connectivity index (χ0n) is 14.5. The topological polar surface area (TPSA) is 103 Å². The van der Waals surface area contributed by atoms with Crippen molar-refractivity contribution in [1.82, 2.24) is 20.3 Å². The first kappa shape index (κ1) is 17.1. The minimum atomic E-state index is -0.611. The second kappa shape index (κ2) is 7.04. The summed E-state index contributed by atoms with van der Waals surface area (Å²) in [4.78, 5) is 23.2. The van der Waals surface area contributed by atoms with Crippen molar-refractivity contribution >= 4 is 11.8 Å². The van der Waals surface area contributed by atoms with Gasteiger partial charge in [0, 0.05) is 6.42 Å². The summed E-state index contributed by atoms with van der Waals surface area (Å²) >= 11 is 0. The van der Waals surface area contributed by atoms with Crippen LogP contribution in [0, 0.1) is 11.8 Å². The van der Waals surface area contributed by atoms with Gasteiger partial charge in [-0.15, -0.1) is 5.10 Å². The van der Waals surface area contributed by atoms with E-state index in [1.54, 1.807) is 0 Å². The Bertz CT molecular complexity index is 764. The van der Waals surface area contributed by atoms with Gasteiger partial charge in [0.05, 0.1) is 17.9 Å². The number of aromatic nitrogens is 3. The van der Waals surface area contributed by atoms with Crippen LogP contribution in [0.3, 0.4) is 0 Å². The highest BCUT2D eigenvalue weighted by Crippen LogP contribution is 2.38. The molecule has 0 radical (unpaired) electrons. The number of primary amides is 1. The molecule has 7 nitrogen and oxygen atoms in total. The maximum atomic E-state index is 12.1. The van der Waals surface area contributed by atoms with Crippen molar-refractivity contribution in [2.75, 3.05) is 0 Å². The molecule has 1 aromatic carbocycles. The number of nitrogens with zero attached hydrogens (tertiary/aromatic N) is 3. The zero-order valence-corrected chi connectivity index (χ0v) is 14.5. The molecule has 0 aliphatic heterocycles. The molecule has 0 spiro atoms. The van der Waals surface area contributed by atoms with Crippen LogP contribution in [0.25, 0.3) is 5.69 Å². The van der Waals surface area contributed by atoms with Gasteiger partial charge in [0.25, 0.3) is 5.91 Å². The monoisotopic (exact) mass is 341 g/mol. The summed E-state index contributed by atoms with van der Waals surface area (Å²) < 4.78 is 1.49. The van der Waals surface area contributed by atoms with Crippen LogP contribution in [-0.2, 0) is 4.79 Å². The lowest BCUT2D eigenvalue weighted by atomic mass is 10.0. The molecule has 2 aromatic rings. The van der Waals surface area contributed by atoms with Gasteiger partial charge in [-0.3, -0.25) is 9.59 Å². The predicted octanol–water partition coefficient (Wildman–Crippen LogP) is 1.98. The van der Waals surface area contributed by atoms with Gasteiger partial charge < -0.3 is 11.1 Å². The van der Waals surface area contributed by atoms with E-state index in [4.69, 9.17) is 5.73 Å². The molecule has 1 aliphatic rings. The molecule has 3 rings (SSSR count). The van der Waals surface area contributed by atoms with Gasteiger partial charge in [0.15, 0.2) is 5.69 Å². The third kappa shape index (κ3) is 4.23. The van der Waals surface area contributed by atoms with Crippen molar-refractivity contribution in [3.05, 3.63) is 41.7 Å². The third-order valence-electron chi connectivity index (χ3n) is 4.72. The minimum absolute atomic E-state index is 0.0649. The molecule has 1 heterocycles. The van der Waals surface area contributed by atoms with Gasteiger partial charge in [-0.05, 0) is 49.3 Å². The van der Waals surface area contributed by atoms with Crippen LogP contribution < -0.4 is 11.1 Å². The zero-order chi connectivity index (χ0) is 18.0. The largest absolute Gasteiger partial charge is 0.364 e. The average Bonchev–Trinajstić information content (AvgIpc) is 3.31. The molecule has 1 aliphatic carbocycles. The van der Waals surface area contributed by atoms with Gasteiger partial charge in [-0.1, -0.05) is 24.3 Å². The fourth-order valence-electron chi connectivity index (χ4n) is 2.93. The highest BCUT2D eigenvalue weighted by atomic mass is 16.2. The molecule has 0 unspecified atom stereocenters. The van der Waals surface area contributed by atoms with E-state index in [9.17, 15) is 9.59 Å². The maximum Gasteiger partial charge on any atom is 0.270 e. The molecule has 1 aromatic heterocycles. The van der Waals surface area contributed by atoms with E-state index >= 15 is 0 Å². The highest BCUT2D eigenvalue weighted by Gasteiger charge is 2.29. The summed E-state index contributed by atoms with van der Waals surface area (Å²) in [7, 11) is 0. The fourth-order valence-corrected chi connectivity index (χ4v) is 2.93. The molecule has 2 amide bonds. The average molecular weight is 341 g/mol. The molecule has 2 atom stereocenters. The Labute approximate surface area is 146 Å². The minimum Gasteiger partial charge on any atom is -0.364 e. The lowest BCUT2D eigenvalue weighted by Crippen LogP contribution is -2.28. The molecular formula is C18H23N5O2. The number of rotatable bonds is 7. The molecule has 7 heteroatoms. The van der Waals surface area contributed by atoms with Gasteiger partial charge in [0.1, 0.15) is 0 Å². The Morgan fingerprint density at radius 3 is 2.52 bits per heavy atom. The van der Waals surface area contributed by atoms with Gasteiger partial charge in [-0.2, -0.15) is 0 Å². The summed E-state index contributed by atoms with van der Waals surface area (Å²) in [5, 5.41) is 10.7. The lowest BCUT2D eigenvalue weighted by Gasteiger charge is -2.17. The van der Waals surface area contributed by atoms with Crippen LogP contribution in [0.15, 0.2) is 30.5 Å². The Morgan fingerprint density at radius 2 is 1.96 bits per heavy atom. The first-order valence-corrected chi connectivity index (χ1v) is 8.56.